The lowest BCUT2D eigenvalue weighted by molar-refractivity contribution is 0.0953. The van der Waals surface area contributed by atoms with E-state index in [1.807, 2.05) is 32.2 Å². The molecule has 0 aliphatic rings. The number of hydrogen-bond donors (Lipinski definition) is 2. The molecule has 29 heavy (non-hydrogen) atoms. The summed E-state index contributed by atoms with van der Waals surface area (Å²) in [6, 6.07) is 13.4. The number of H-pyrrole nitrogens is 1. The molecule has 3 aromatic rings. The molecule has 0 bridgehead atoms. The van der Waals surface area contributed by atoms with E-state index in [2.05, 4.69) is 34.3 Å². The molecule has 0 unspecified atom stereocenters. The average Bonchev–Trinajstić information content (AvgIpc) is 3.19. The zero-order valence-corrected chi connectivity index (χ0v) is 17.1. The van der Waals surface area contributed by atoms with Crippen molar-refractivity contribution >= 4 is 5.91 Å². The Hall–Kier alpha value is -3.28. The lowest BCUT2D eigenvalue weighted by Crippen LogP contribution is -2.25. The van der Waals surface area contributed by atoms with Gasteiger partial charge in [0.05, 0.1) is 13.2 Å². The minimum atomic E-state index is -0.146. The number of nitrogens with one attached hydrogen (secondary N) is 2. The lowest BCUT2D eigenvalue weighted by Gasteiger charge is -2.12. The molecule has 0 aliphatic carbocycles. The standard InChI is InChI=1S/C23H27N3O3/c1-4-28-20-11-10-18(14-21(20)29-5-2)23(27)24-13-12-19-15-25-22(26-19)17-8-6-16(3)7-9-17/h6-11,14-15H,4-5,12-13H2,1-3H3,(H,24,27)(H,25,26). The number of aromatic amines is 1. The summed E-state index contributed by atoms with van der Waals surface area (Å²) >= 11 is 0. The number of aryl methyl sites for hydroxylation is 1. The van der Waals surface area contributed by atoms with Crippen molar-refractivity contribution in [2.45, 2.75) is 27.2 Å². The van der Waals surface area contributed by atoms with E-state index in [9.17, 15) is 4.79 Å². The summed E-state index contributed by atoms with van der Waals surface area (Å²) in [5, 5.41) is 2.94. The molecule has 3 rings (SSSR count). The van der Waals surface area contributed by atoms with E-state index < -0.39 is 0 Å². The van der Waals surface area contributed by atoms with E-state index in [1.54, 1.807) is 18.2 Å². The monoisotopic (exact) mass is 393 g/mol. The summed E-state index contributed by atoms with van der Waals surface area (Å²) in [6.45, 7) is 7.43. The molecule has 2 aromatic carbocycles. The predicted octanol–water partition coefficient (Wildman–Crippen LogP) is 4.16. The maximum Gasteiger partial charge on any atom is 0.251 e. The van der Waals surface area contributed by atoms with Crippen molar-refractivity contribution in [3.63, 3.8) is 0 Å². The van der Waals surface area contributed by atoms with E-state index in [0.717, 1.165) is 17.1 Å². The van der Waals surface area contributed by atoms with Gasteiger partial charge in [-0.15, -0.1) is 0 Å². The number of benzene rings is 2. The first-order chi connectivity index (χ1) is 14.1. The topological polar surface area (TPSA) is 76.2 Å². The van der Waals surface area contributed by atoms with Crippen molar-refractivity contribution in [1.29, 1.82) is 0 Å². The molecule has 0 aliphatic heterocycles. The summed E-state index contributed by atoms with van der Waals surface area (Å²) < 4.78 is 11.1. The van der Waals surface area contributed by atoms with Crippen LogP contribution in [0.4, 0.5) is 0 Å². The molecule has 1 amide bonds. The van der Waals surface area contributed by atoms with Crippen molar-refractivity contribution in [2.24, 2.45) is 0 Å². The Morgan fingerprint density at radius 1 is 1.03 bits per heavy atom. The van der Waals surface area contributed by atoms with Gasteiger partial charge in [-0.25, -0.2) is 4.98 Å². The minimum absolute atomic E-state index is 0.146. The number of imidazole rings is 1. The Kier molecular flexibility index (Phi) is 6.89. The van der Waals surface area contributed by atoms with Crippen LogP contribution in [0.5, 0.6) is 11.5 Å². The van der Waals surface area contributed by atoms with E-state index >= 15 is 0 Å². The normalized spacial score (nSPS) is 10.6. The fourth-order valence-electron chi connectivity index (χ4n) is 2.95. The molecule has 0 saturated heterocycles. The van der Waals surface area contributed by atoms with Gasteiger partial charge in [0, 0.05) is 36.0 Å². The molecule has 152 valence electrons. The summed E-state index contributed by atoms with van der Waals surface area (Å²) in [6.07, 6.45) is 2.48. The molecule has 0 fully saturated rings. The molecule has 0 radical (unpaired) electrons. The lowest BCUT2D eigenvalue weighted by atomic mass is 10.1. The fourth-order valence-corrected chi connectivity index (χ4v) is 2.95. The molecule has 0 atom stereocenters. The Balaban J connectivity index is 1.57. The number of nitrogens with zero attached hydrogens (tertiary/aromatic N) is 1. The number of rotatable bonds is 9. The van der Waals surface area contributed by atoms with Crippen LogP contribution in [-0.4, -0.2) is 35.6 Å². The van der Waals surface area contributed by atoms with Gasteiger partial charge in [-0.05, 0) is 39.0 Å². The first-order valence-corrected chi connectivity index (χ1v) is 9.89. The smallest absolute Gasteiger partial charge is 0.251 e. The van der Waals surface area contributed by atoms with Gasteiger partial charge in [0.25, 0.3) is 5.91 Å². The first-order valence-electron chi connectivity index (χ1n) is 9.89. The third kappa shape index (κ3) is 5.38. The van der Waals surface area contributed by atoms with Crippen molar-refractivity contribution in [3.8, 4) is 22.9 Å². The van der Waals surface area contributed by atoms with Crippen LogP contribution >= 0.6 is 0 Å². The van der Waals surface area contributed by atoms with E-state index in [0.29, 0.717) is 43.2 Å². The highest BCUT2D eigenvalue weighted by atomic mass is 16.5. The van der Waals surface area contributed by atoms with Crippen molar-refractivity contribution in [2.75, 3.05) is 19.8 Å². The number of carbonyl (C=O) groups excluding carboxylic acids is 1. The van der Waals surface area contributed by atoms with Gasteiger partial charge < -0.3 is 19.8 Å². The number of hydrogen-bond acceptors (Lipinski definition) is 4. The van der Waals surface area contributed by atoms with Gasteiger partial charge in [-0.3, -0.25) is 4.79 Å². The summed E-state index contributed by atoms with van der Waals surface area (Å²) in [5.41, 5.74) is 3.78. The fraction of sp³-hybridized carbons (Fsp3) is 0.304. The van der Waals surface area contributed by atoms with Gasteiger partial charge in [0.15, 0.2) is 11.5 Å². The van der Waals surface area contributed by atoms with Crippen LogP contribution < -0.4 is 14.8 Å². The molecular formula is C23H27N3O3. The second kappa shape index (κ2) is 9.78. The number of ether oxygens (including phenoxy) is 2. The zero-order valence-electron chi connectivity index (χ0n) is 17.1. The maximum atomic E-state index is 12.5. The van der Waals surface area contributed by atoms with Crippen LogP contribution in [0.15, 0.2) is 48.7 Å². The quantitative estimate of drug-likeness (QED) is 0.572. The second-order valence-electron chi connectivity index (χ2n) is 6.66. The largest absolute Gasteiger partial charge is 0.490 e. The highest BCUT2D eigenvalue weighted by Crippen LogP contribution is 2.28. The van der Waals surface area contributed by atoms with Gasteiger partial charge in [0.2, 0.25) is 0 Å². The molecule has 0 saturated carbocycles. The van der Waals surface area contributed by atoms with Crippen molar-refractivity contribution in [1.82, 2.24) is 15.3 Å². The number of aromatic nitrogens is 2. The molecule has 1 heterocycles. The van der Waals surface area contributed by atoms with Crippen molar-refractivity contribution in [3.05, 3.63) is 65.5 Å². The molecule has 0 spiro atoms. The highest BCUT2D eigenvalue weighted by molar-refractivity contribution is 5.94. The Morgan fingerprint density at radius 3 is 2.48 bits per heavy atom. The molecular weight excluding hydrogens is 366 g/mol. The molecule has 2 N–H and O–H groups in total. The van der Waals surface area contributed by atoms with Gasteiger partial charge in [-0.2, -0.15) is 0 Å². The molecule has 6 nitrogen and oxygen atoms in total. The number of carbonyl (C=O) groups is 1. The maximum absolute atomic E-state index is 12.5. The van der Waals surface area contributed by atoms with Crippen molar-refractivity contribution < 1.29 is 14.3 Å². The third-order valence-corrected chi connectivity index (χ3v) is 4.44. The Bertz CT molecular complexity index is 948. The first kappa shape index (κ1) is 20.5. The summed E-state index contributed by atoms with van der Waals surface area (Å²) in [4.78, 5) is 20.2. The molecule has 1 aromatic heterocycles. The van der Waals surface area contributed by atoms with Gasteiger partial charge >= 0.3 is 0 Å². The zero-order chi connectivity index (χ0) is 20.6. The number of amides is 1. The summed E-state index contributed by atoms with van der Waals surface area (Å²) in [7, 11) is 0. The average molecular weight is 393 g/mol. The predicted molar refractivity (Wildman–Crippen MR) is 114 cm³/mol. The van der Waals surface area contributed by atoms with Gasteiger partial charge in [0.1, 0.15) is 5.82 Å². The SMILES string of the molecule is CCOc1ccc(C(=O)NCCc2cnc(-c3ccc(C)cc3)[nH]2)cc1OCC. The van der Waals surface area contributed by atoms with Crippen LogP contribution in [0, 0.1) is 6.92 Å². The van der Waals surface area contributed by atoms with E-state index in [1.165, 1.54) is 5.56 Å². The van der Waals surface area contributed by atoms with E-state index in [4.69, 9.17) is 9.47 Å². The second-order valence-corrected chi connectivity index (χ2v) is 6.66. The van der Waals surface area contributed by atoms with Gasteiger partial charge in [-0.1, -0.05) is 29.8 Å². The Morgan fingerprint density at radius 2 is 1.76 bits per heavy atom. The minimum Gasteiger partial charge on any atom is -0.490 e. The Labute approximate surface area is 171 Å². The van der Waals surface area contributed by atoms with Crippen LogP contribution in [0.2, 0.25) is 0 Å². The third-order valence-electron chi connectivity index (χ3n) is 4.44. The van der Waals surface area contributed by atoms with Crippen LogP contribution in [0.1, 0.15) is 35.5 Å². The van der Waals surface area contributed by atoms with Crippen LogP contribution in [-0.2, 0) is 6.42 Å². The van der Waals surface area contributed by atoms with Crippen LogP contribution in [0.3, 0.4) is 0 Å². The summed E-state index contributed by atoms with van der Waals surface area (Å²) in [5.74, 6) is 1.91. The highest BCUT2D eigenvalue weighted by Gasteiger charge is 2.11. The molecule has 6 heteroatoms. The van der Waals surface area contributed by atoms with E-state index in [-0.39, 0.29) is 5.91 Å². The van der Waals surface area contributed by atoms with Crippen LogP contribution in [0.25, 0.3) is 11.4 Å².